The first-order chi connectivity index (χ1) is 9.19. The summed E-state index contributed by atoms with van der Waals surface area (Å²) in [6.07, 6.45) is 1.51. The zero-order valence-corrected chi connectivity index (χ0v) is 12.8. The van der Waals surface area contributed by atoms with Crippen molar-refractivity contribution in [2.75, 3.05) is 12.0 Å². The molecular formula is C12H17NO5S2. The quantitative estimate of drug-likeness (QED) is 0.765. The van der Waals surface area contributed by atoms with Crippen molar-refractivity contribution < 1.29 is 22.5 Å². The summed E-state index contributed by atoms with van der Waals surface area (Å²) < 4.78 is 37.2. The summed E-state index contributed by atoms with van der Waals surface area (Å²) in [6.45, 7) is 1.65. The fraction of sp³-hybridized carbons (Fsp3) is 0.417. The summed E-state index contributed by atoms with van der Waals surface area (Å²) in [5.74, 6) is -1.05. The monoisotopic (exact) mass is 319 g/mol. The van der Waals surface area contributed by atoms with Gasteiger partial charge in [-0.05, 0) is 24.6 Å². The minimum atomic E-state index is -3.54. The summed E-state index contributed by atoms with van der Waals surface area (Å²) in [7, 11) is -4.62. The predicted molar refractivity (Wildman–Crippen MR) is 77.6 cm³/mol. The van der Waals surface area contributed by atoms with Crippen molar-refractivity contribution in [2.24, 2.45) is 0 Å². The lowest BCUT2D eigenvalue weighted by Gasteiger charge is -2.13. The number of carboxylic acid groups (broad SMARTS) is 1. The molecule has 0 amide bonds. The second-order valence-electron chi connectivity index (χ2n) is 4.52. The van der Waals surface area contributed by atoms with Gasteiger partial charge in [-0.2, -0.15) is 0 Å². The van der Waals surface area contributed by atoms with Gasteiger partial charge >= 0.3 is 5.97 Å². The van der Waals surface area contributed by atoms with Gasteiger partial charge in [-0.3, -0.25) is 4.21 Å². The molecule has 0 bridgehead atoms. The molecule has 2 unspecified atom stereocenters. The summed E-state index contributed by atoms with van der Waals surface area (Å²) in [6, 6.07) is 5.23. The van der Waals surface area contributed by atoms with Gasteiger partial charge in [-0.1, -0.05) is 12.1 Å². The number of benzene rings is 1. The minimum absolute atomic E-state index is 0.105. The zero-order valence-electron chi connectivity index (χ0n) is 11.2. The topological polar surface area (TPSA) is 101 Å². The average Bonchev–Trinajstić information content (AvgIpc) is 2.26. The number of carbonyl (C=O) groups is 1. The van der Waals surface area contributed by atoms with E-state index in [-0.39, 0.29) is 17.1 Å². The van der Waals surface area contributed by atoms with Crippen LogP contribution in [0.25, 0.3) is 0 Å². The van der Waals surface area contributed by atoms with Crippen LogP contribution in [0.4, 0.5) is 0 Å². The highest BCUT2D eigenvalue weighted by atomic mass is 32.2. The molecule has 1 aromatic carbocycles. The molecule has 0 aliphatic carbocycles. The molecule has 112 valence electrons. The van der Waals surface area contributed by atoms with Gasteiger partial charge in [0.15, 0.2) is 0 Å². The lowest BCUT2D eigenvalue weighted by molar-refractivity contribution is 0.0697. The highest BCUT2D eigenvalue weighted by Gasteiger charge is 2.16. The Hall–Kier alpha value is -1.25. The molecule has 8 heteroatoms. The van der Waals surface area contributed by atoms with Crippen molar-refractivity contribution in [2.45, 2.75) is 18.7 Å². The lowest BCUT2D eigenvalue weighted by Crippen LogP contribution is -2.36. The Morgan fingerprint density at radius 1 is 1.35 bits per heavy atom. The standard InChI is InChI=1S/C12H17NO5S2/c1-9(7-19(2)16)13-20(17,18)8-10-3-5-11(6-4-10)12(14)15/h3-6,9,13H,7-8H2,1-2H3,(H,14,15). The Morgan fingerprint density at radius 3 is 2.35 bits per heavy atom. The molecule has 0 heterocycles. The molecule has 6 nitrogen and oxygen atoms in total. The number of carboxylic acids is 1. The third-order valence-electron chi connectivity index (χ3n) is 2.42. The number of nitrogens with one attached hydrogen (secondary N) is 1. The number of sulfonamides is 1. The van der Waals surface area contributed by atoms with Crippen LogP contribution in [0.15, 0.2) is 24.3 Å². The Morgan fingerprint density at radius 2 is 1.90 bits per heavy atom. The highest BCUT2D eigenvalue weighted by Crippen LogP contribution is 2.08. The van der Waals surface area contributed by atoms with Crippen LogP contribution < -0.4 is 4.72 Å². The molecule has 0 spiro atoms. The van der Waals surface area contributed by atoms with E-state index in [4.69, 9.17) is 5.11 Å². The predicted octanol–water partition coefficient (Wildman–Crippen LogP) is 0.571. The molecule has 2 N–H and O–H groups in total. The molecule has 0 saturated heterocycles. The van der Waals surface area contributed by atoms with Gasteiger partial charge in [0.05, 0.1) is 11.3 Å². The highest BCUT2D eigenvalue weighted by molar-refractivity contribution is 7.88. The zero-order chi connectivity index (χ0) is 15.3. The van der Waals surface area contributed by atoms with Crippen LogP contribution in [0.2, 0.25) is 0 Å². The maximum absolute atomic E-state index is 11.9. The first-order valence-electron chi connectivity index (χ1n) is 5.82. The Bertz CT molecular complexity index is 595. The van der Waals surface area contributed by atoms with Crippen molar-refractivity contribution in [3.63, 3.8) is 0 Å². The molecule has 0 aliphatic heterocycles. The number of hydrogen-bond acceptors (Lipinski definition) is 4. The van der Waals surface area contributed by atoms with Crippen LogP contribution in [-0.2, 0) is 26.6 Å². The fourth-order valence-electron chi connectivity index (χ4n) is 1.70. The summed E-state index contributed by atoms with van der Waals surface area (Å²) in [5.41, 5.74) is 0.598. The molecule has 0 radical (unpaired) electrons. The van der Waals surface area contributed by atoms with E-state index in [1.807, 2.05) is 0 Å². The molecule has 20 heavy (non-hydrogen) atoms. The molecular weight excluding hydrogens is 302 g/mol. The van der Waals surface area contributed by atoms with Crippen molar-refractivity contribution in [3.8, 4) is 0 Å². The van der Waals surface area contributed by atoms with Crippen molar-refractivity contribution >= 4 is 26.8 Å². The van der Waals surface area contributed by atoms with Gasteiger partial charge < -0.3 is 5.11 Å². The maximum Gasteiger partial charge on any atom is 0.335 e. The number of hydrogen-bond donors (Lipinski definition) is 2. The first kappa shape index (κ1) is 16.8. The van der Waals surface area contributed by atoms with Crippen molar-refractivity contribution in [1.29, 1.82) is 0 Å². The van der Waals surface area contributed by atoms with Crippen LogP contribution in [-0.4, -0.2) is 41.8 Å². The SMILES string of the molecule is CC(CS(C)=O)NS(=O)(=O)Cc1ccc(C(=O)O)cc1. The van der Waals surface area contributed by atoms with Crippen LogP contribution in [0, 0.1) is 0 Å². The van der Waals surface area contributed by atoms with Gasteiger partial charge in [-0.25, -0.2) is 17.9 Å². The van der Waals surface area contributed by atoms with E-state index in [1.165, 1.54) is 30.5 Å². The average molecular weight is 319 g/mol. The molecule has 0 saturated carbocycles. The normalized spacial score (nSPS) is 14.7. The van der Waals surface area contributed by atoms with Gasteiger partial charge in [0.1, 0.15) is 0 Å². The van der Waals surface area contributed by atoms with Gasteiger partial charge in [0.25, 0.3) is 0 Å². The molecule has 1 rings (SSSR count). The van der Waals surface area contributed by atoms with E-state index in [9.17, 15) is 17.4 Å². The smallest absolute Gasteiger partial charge is 0.335 e. The Kier molecular flexibility index (Phi) is 5.85. The van der Waals surface area contributed by atoms with Gasteiger partial charge in [0.2, 0.25) is 10.0 Å². The first-order valence-corrected chi connectivity index (χ1v) is 9.20. The fourth-order valence-corrected chi connectivity index (χ4v) is 4.00. The van der Waals surface area contributed by atoms with Crippen molar-refractivity contribution in [1.82, 2.24) is 4.72 Å². The van der Waals surface area contributed by atoms with Gasteiger partial charge in [0, 0.05) is 28.9 Å². The molecule has 0 fully saturated rings. The van der Waals surface area contributed by atoms with E-state index >= 15 is 0 Å². The summed E-state index contributed by atoms with van der Waals surface area (Å²) >= 11 is 0. The van der Waals surface area contributed by atoms with E-state index in [2.05, 4.69) is 4.72 Å². The second kappa shape index (κ2) is 6.96. The lowest BCUT2D eigenvalue weighted by atomic mass is 10.1. The molecule has 0 aromatic heterocycles. The molecule has 2 atom stereocenters. The van der Waals surface area contributed by atoms with Crippen molar-refractivity contribution in [3.05, 3.63) is 35.4 Å². The molecule has 0 aliphatic rings. The van der Waals surface area contributed by atoms with Crippen LogP contribution >= 0.6 is 0 Å². The minimum Gasteiger partial charge on any atom is -0.478 e. The van der Waals surface area contributed by atoms with Crippen LogP contribution in [0.3, 0.4) is 0 Å². The van der Waals surface area contributed by atoms with E-state index in [0.29, 0.717) is 5.56 Å². The number of rotatable bonds is 7. The summed E-state index contributed by atoms with van der Waals surface area (Å²) in [4.78, 5) is 10.7. The largest absolute Gasteiger partial charge is 0.478 e. The van der Waals surface area contributed by atoms with Crippen LogP contribution in [0.1, 0.15) is 22.8 Å². The third kappa shape index (κ3) is 5.81. The molecule has 1 aromatic rings. The Labute approximate surface area is 120 Å². The third-order valence-corrected chi connectivity index (χ3v) is 4.87. The maximum atomic E-state index is 11.9. The van der Waals surface area contributed by atoms with Crippen LogP contribution in [0.5, 0.6) is 0 Å². The van der Waals surface area contributed by atoms with Gasteiger partial charge in [-0.15, -0.1) is 0 Å². The number of aromatic carboxylic acids is 1. The summed E-state index contributed by atoms with van der Waals surface area (Å²) in [5, 5.41) is 8.75. The van der Waals surface area contributed by atoms with E-state index < -0.39 is 32.8 Å². The van der Waals surface area contributed by atoms with E-state index in [1.54, 1.807) is 6.92 Å². The second-order valence-corrected chi connectivity index (χ2v) is 7.75. The van der Waals surface area contributed by atoms with E-state index in [0.717, 1.165) is 0 Å². The Balaban J connectivity index is 2.71.